The number of aryl methyl sites for hydroxylation is 3. The maximum Gasteiger partial charge on any atom is 0.130 e. The number of hydrogen-bond donors (Lipinski definition) is 1. The number of anilines is 1. The van der Waals surface area contributed by atoms with Crippen molar-refractivity contribution >= 4 is 5.82 Å². The Morgan fingerprint density at radius 1 is 1.05 bits per heavy atom. The molecule has 1 aromatic heterocycles. The highest BCUT2D eigenvalue weighted by Crippen LogP contribution is 2.29. The zero-order chi connectivity index (χ0) is 13.5. The number of rotatable bonds is 3. The van der Waals surface area contributed by atoms with E-state index in [1.54, 1.807) is 0 Å². The average Bonchev–Trinajstić information content (AvgIpc) is 3.12. The maximum absolute atomic E-state index is 4.61. The Morgan fingerprint density at radius 2 is 1.90 bits per heavy atom. The minimum Gasteiger partial charge on any atom is -0.367 e. The van der Waals surface area contributed by atoms with Crippen LogP contribution in [-0.4, -0.2) is 16.0 Å². The molecule has 1 heterocycles. The van der Waals surface area contributed by atoms with Gasteiger partial charge < -0.3 is 5.32 Å². The molecule has 2 aliphatic carbocycles. The molecule has 0 bridgehead atoms. The first kappa shape index (κ1) is 11.9. The molecule has 3 nitrogen and oxygen atoms in total. The van der Waals surface area contributed by atoms with Gasteiger partial charge in [0.2, 0.25) is 0 Å². The Bertz CT molecular complexity index is 659. The Hall–Kier alpha value is -1.90. The fraction of sp³-hybridized carbons (Fsp3) is 0.412. The van der Waals surface area contributed by atoms with E-state index in [1.807, 2.05) is 6.92 Å². The number of benzene rings is 1. The second-order valence-corrected chi connectivity index (χ2v) is 5.94. The molecule has 0 atom stereocenters. The summed E-state index contributed by atoms with van der Waals surface area (Å²) in [5.74, 6) is 1.81. The van der Waals surface area contributed by atoms with Gasteiger partial charge in [-0.1, -0.05) is 12.1 Å². The van der Waals surface area contributed by atoms with Crippen molar-refractivity contribution in [1.82, 2.24) is 9.97 Å². The monoisotopic (exact) mass is 265 g/mol. The van der Waals surface area contributed by atoms with Gasteiger partial charge >= 0.3 is 0 Å². The van der Waals surface area contributed by atoms with Crippen molar-refractivity contribution in [1.29, 1.82) is 0 Å². The fourth-order valence-corrected chi connectivity index (χ4v) is 2.96. The second-order valence-electron chi connectivity index (χ2n) is 5.94. The van der Waals surface area contributed by atoms with Gasteiger partial charge in [-0.3, -0.25) is 0 Å². The molecule has 102 valence electrons. The van der Waals surface area contributed by atoms with Crippen LogP contribution >= 0.6 is 0 Å². The van der Waals surface area contributed by atoms with Crippen LogP contribution in [0.2, 0.25) is 0 Å². The Balaban J connectivity index is 1.71. The van der Waals surface area contributed by atoms with Gasteiger partial charge in [0.15, 0.2) is 0 Å². The SMILES string of the molecule is Cc1nc(NC2CC2)cc(-c2ccc3c(c2)CCC3)n1. The minimum atomic E-state index is 0.622. The molecule has 3 heteroatoms. The van der Waals surface area contributed by atoms with Crippen LogP contribution in [-0.2, 0) is 12.8 Å². The maximum atomic E-state index is 4.61. The van der Waals surface area contributed by atoms with Gasteiger partial charge in [-0.25, -0.2) is 9.97 Å². The smallest absolute Gasteiger partial charge is 0.130 e. The summed E-state index contributed by atoms with van der Waals surface area (Å²) in [6.45, 7) is 1.97. The van der Waals surface area contributed by atoms with Gasteiger partial charge in [0.05, 0.1) is 5.69 Å². The first-order valence-corrected chi connectivity index (χ1v) is 7.52. The van der Waals surface area contributed by atoms with E-state index in [-0.39, 0.29) is 0 Å². The topological polar surface area (TPSA) is 37.8 Å². The van der Waals surface area contributed by atoms with Crippen LogP contribution in [0.25, 0.3) is 11.3 Å². The summed E-state index contributed by atoms with van der Waals surface area (Å²) in [7, 11) is 0. The molecule has 0 saturated heterocycles. The standard InChI is InChI=1S/C17H19N3/c1-11-18-16(10-17(19-11)20-15-7-8-15)14-6-5-12-3-2-4-13(12)9-14/h5-6,9-10,15H,2-4,7-8H2,1H3,(H,18,19,20). The number of fused-ring (bicyclic) bond motifs is 1. The molecule has 2 aliphatic rings. The second kappa shape index (κ2) is 4.58. The van der Waals surface area contributed by atoms with E-state index in [4.69, 9.17) is 0 Å². The predicted octanol–water partition coefficient (Wildman–Crippen LogP) is 3.52. The van der Waals surface area contributed by atoms with Crippen LogP contribution in [0.15, 0.2) is 24.3 Å². The fourth-order valence-electron chi connectivity index (χ4n) is 2.96. The molecular weight excluding hydrogens is 246 g/mol. The van der Waals surface area contributed by atoms with Crippen molar-refractivity contribution in [2.75, 3.05) is 5.32 Å². The minimum absolute atomic E-state index is 0.622. The zero-order valence-electron chi connectivity index (χ0n) is 11.8. The average molecular weight is 265 g/mol. The van der Waals surface area contributed by atoms with E-state index in [0.29, 0.717) is 6.04 Å². The van der Waals surface area contributed by atoms with E-state index in [2.05, 4.69) is 39.6 Å². The molecule has 4 rings (SSSR count). The molecule has 1 N–H and O–H groups in total. The number of nitrogens with one attached hydrogen (secondary N) is 1. The van der Waals surface area contributed by atoms with Gasteiger partial charge in [0, 0.05) is 17.7 Å². The van der Waals surface area contributed by atoms with Crippen LogP contribution in [0.4, 0.5) is 5.82 Å². The molecule has 0 unspecified atom stereocenters. The van der Waals surface area contributed by atoms with Gasteiger partial charge in [-0.05, 0) is 56.2 Å². The number of aromatic nitrogens is 2. The lowest BCUT2D eigenvalue weighted by Gasteiger charge is -2.09. The van der Waals surface area contributed by atoms with Crippen LogP contribution in [0.5, 0.6) is 0 Å². The Morgan fingerprint density at radius 3 is 2.75 bits per heavy atom. The van der Waals surface area contributed by atoms with E-state index in [9.17, 15) is 0 Å². The third kappa shape index (κ3) is 2.28. The largest absolute Gasteiger partial charge is 0.367 e. The molecule has 20 heavy (non-hydrogen) atoms. The summed E-state index contributed by atoms with van der Waals surface area (Å²) in [4.78, 5) is 9.10. The van der Waals surface area contributed by atoms with Crippen LogP contribution in [0.3, 0.4) is 0 Å². The van der Waals surface area contributed by atoms with Crippen LogP contribution in [0.1, 0.15) is 36.2 Å². The van der Waals surface area contributed by atoms with Crippen molar-refractivity contribution in [2.45, 2.75) is 45.1 Å². The van der Waals surface area contributed by atoms with Gasteiger partial charge in [0.1, 0.15) is 11.6 Å². The van der Waals surface area contributed by atoms with Gasteiger partial charge in [-0.15, -0.1) is 0 Å². The molecule has 1 aromatic carbocycles. The number of nitrogens with zero attached hydrogens (tertiary/aromatic N) is 2. The van der Waals surface area contributed by atoms with Gasteiger partial charge in [-0.2, -0.15) is 0 Å². The highest BCUT2D eigenvalue weighted by molar-refractivity contribution is 5.64. The van der Waals surface area contributed by atoms with E-state index >= 15 is 0 Å². The molecule has 0 radical (unpaired) electrons. The summed E-state index contributed by atoms with van der Waals surface area (Å²) >= 11 is 0. The molecule has 0 aliphatic heterocycles. The first-order valence-electron chi connectivity index (χ1n) is 7.52. The van der Waals surface area contributed by atoms with Gasteiger partial charge in [0.25, 0.3) is 0 Å². The third-order valence-electron chi connectivity index (χ3n) is 4.16. The Kier molecular flexibility index (Phi) is 2.72. The summed E-state index contributed by atoms with van der Waals surface area (Å²) in [6.07, 6.45) is 6.25. The molecule has 0 spiro atoms. The van der Waals surface area contributed by atoms with Crippen molar-refractivity contribution in [3.05, 3.63) is 41.2 Å². The lowest BCUT2D eigenvalue weighted by atomic mass is 10.0. The molecule has 2 aromatic rings. The summed E-state index contributed by atoms with van der Waals surface area (Å²) in [5.41, 5.74) is 5.26. The van der Waals surface area contributed by atoms with Crippen molar-refractivity contribution in [2.24, 2.45) is 0 Å². The van der Waals surface area contributed by atoms with E-state index in [1.165, 1.54) is 48.8 Å². The third-order valence-corrected chi connectivity index (χ3v) is 4.16. The Labute approximate surface area is 119 Å². The molecule has 1 fully saturated rings. The first-order chi connectivity index (χ1) is 9.78. The summed E-state index contributed by atoms with van der Waals surface area (Å²) < 4.78 is 0. The lowest BCUT2D eigenvalue weighted by Crippen LogP contribution is -2.05. The van der Waals surface area contributed by atoms with Crippen LogP contribution < -0.4 is 5.32 Å². The lowest BCUT2D eigenvalue weighted by molar-refractivity contribution is 0.912. The van der Waals surface area contributed by atoms with Crippen LogP contribution in [0, 0.1) is 6.92 Å². The van der Waals surface area contributed by atoms with E-state index in [0.717, 1.165) is 17.3 Å². The molecule has 1 saturated carbocycles. The van der Waals surface area contributed by atoms with Crippen molar-refractivity contribution in [3.8, 4) is 11.3 Å². The molecular formula is C17H19N3. The molecule has 0 amide bonds. The van der Waals surface area contributed by atoms with Crippen molar-refractivity contribution in [3.63, 3.8) is 0 Å². The predicted molar refractivity (Wildman–Crippen MR) is 80.9 cm³/mol. The number of hydrogen-bond acceptors (Lipinski definition) is 3. The summed E-state index contributed by atoms with van der Waals surface area (Å²) in [6, 6.07) is 9.49. The van der Waals surface area contributed by atoms with Crippen molar-refractivity contribution < 1.29 is 0 Å². The highest BCUT2D eigenvalue weighted by Gasteiger charge is 2.21. The quantitative estimate of drug-likeness (QED) is 0.922. The normalized spacial score (nSPS) is 17.1. The summed E-state index contributed by atoms with van der Waals surface area (Å²) in [5, 5.41) is 3.47. The zero-order valence-corrected chi connectivity index (χ0v) is 11.8. The highest BCUT2D eigenvalue weighted by atomic mass is 15.1. The van der Waals surface area contributed by atoms with E-state index < -0.39 is 0 Å².